The maximum Gasteiger partial charge on any atom is 0.344 e. The van der Waals surface area contributed by atoms with E-state index in [9.17, 15) is 4.79 Å². The fraction of sp³-hybridized carbons (Fsp3) is 0.423. The summed E-state index contributed by atoms with van der Waals surface area (Å²) in [6.45, 7) is 9.82. The van der Waals surface area contributed by atoms with Crippen molar-refractivity contribution < 1.29 is 14.3 Å². The molecule has 4 heteroatoms. The van der Waals surface area contributed by atoms with Crippen LogP contribution in [0.25, 0.3) is 0 Å². The Kier molecular flexibility index (Phi) is 6.25. The van der Waals surface area contributed by atoms with Gasteiger partial charge in [0.15, 0.2) is 6.61 Å². The van der Waals surface area contributed by atoms with Crippen molar-refractivity contribution in [2.45, 2.75) is 58.1 Å². The maximum absolute atomic E-state index is 12.1. The summed E-state index contributed by atoms with van der Waals surface area (Å²) in [5.41, 5.74) is 2.93. The lowest BCUT2D eigenvalue weighted by Crippen LogP contribution is -2.29. The highest BCUT2D eigenvalue weighted by molar-refractivity contribution is 5.71. The Hall–Kier alpha value is -2.75. The van der Waals surface area contributed by atoms with Crippen molar-refractivity contribution in [3.05, 3.63) is 77.5 Å². The molecule has 0 N–H and O–H groups in total. The Labute approximate surface area is 180 Å². The van der Waals surface area contributed by atoms with Crippen molar-refractivity contribution in [1.29, 1.82) is 0 Å². The van der Waals surface area contributed by atoms with Gasteiger partial charge in [0.2, 0.25) is 0 Å². The lowest BCUT2D eigenvalue weighted by molar-refractivity contribution is -0.157. The monoisotopic (exact) mass is 407 g/mol. The number of carbonyl (C=O) groups excluding carboxylic acids is 1. The van der Waals surface area contributed by atoms with Crippen LogP contribution in [-0.2, 0) is 14.9 Å². The molecule has 1 aliphatic heterocycles. The summed E-state index contributed by atoms with van der Waals surface area (Å²) < 4.78 is 11.2. The van der Waals surface area contributed by atoms with Gasteiger partial charge in [0, 0.05) is 18.8 Å². The summed E-state index contributed by atoms with van der Waals surface area (Å²) in [5.74, 6) is 0.306. The molecule has 1 heterocycles. The molecule has 0 radical (unpaired) electrons. The lowest BCUT2D eigenvalue weighted by Gasteiger charge is -2.33. The van der Waals surface area contributed by atoms with Gasteiger partial charge in [-0.25, -0.2) is 4.79 Å². The Morgan fingerprint density at radius 1 is 1.13 bits per heavy atom. The summed E-state index contributed by atoms with van der Waals surface area (Å²) in [4.78, 5) is 14.4. The van der Waals surface area contributed by atoms with Gasteiger partial charge in [-0.15, -0.1) is 0 Å². The van der Waals surface area contributed by atoms with Crippen LogP contribution in [0.15, 0.2) is 66.4 Å². The van der Waals surface area contributed by atoms with E-state index in [1.807, 2.05) is 32.9 Å². The fourth-order valence-corrected chi connectivity index (χ4v) is 4.46. The zero-order valence-electron chi connectivity index (χ0n) is 18.9. The molecule has 30 heavy (non-hydrogen) atoms. The van der Waals surface area contributed by atoms with Crippen LogP contribution in [0.5, 0.6) is 5.75 Å². The quantitative estimate of drug-likeness (QED) is 0.629. The number of hydrogen-bond donors (Lipinski definition) is 0. The van der Waals surface area contributed by atoms with E-state index < -0.39 is 5.60 Å². The summed E-state index contributed by atoms with van der Waals surface area (Å²) in [6, 6.07) is 19.2. The van der Waals surface area contributed by atoms with Crippen molar-refractivity contribution >= 4 is 5.97 Å². The van der Waals surface area contributed by atoms with Gasteiger partial charge in [-0.2, -0.15) is 0 Å². The zero-order valence-corrected chi connectivity index (χ0v) is 18.9. The average Bonchev–Trinajstić information content (AvgIpc) is 2.97. The molecule has 2 atom stereocenters. The normalized spacial score (nSPS) is 22.9. The standard InChI is InChI=1S/C26H33NO3/c1-7-23-26(17-19(2)27(23)6,20-12-9-8-10-13-20)21-14-11-15-22(16-21)29-18-24(28)30-25(3,4)5/h7-16,19H,17-18H2,1-6H3. The zero-order chi connectivity index (χ0) is 21.9. The number of allylic oxidation sites excluding steroid dienone is 2. The van der Waals surface area contributed by atoms with E-state index in [-0.39, 0.29) is 18.0 Å². The largest absolute Gasteiger partial charge is 0.482 e. The lowest BCUT2D eigenvalue weighted by atomic mass is 9.70. The third-order valence-corrected chi connectivity index (χ3v) is 5.72. The van der Waals surface area contributed by atoms with Gasteiger partial charge < -0.3 is 14.4 Å². The highest BCUT2D eigenvalue weighted by Gasteiger charge is 2.47. The number of likely N-dealkylation sites (N-methyl/N-ethyl adjacent to an activating group) is 1. The average molecular weight is 408 g/mol. The van der Waals surface area contributed by atoms with Gasteiger partial charge in [0.05, 0.1) is 5.41 Å². The predicted octanol–water partition coefficient (Wildman–Crippen LogP) is 5.32. The second kappa shape index (κ2) is 8.55. The molecule has 1 fully saturated rings. The van der Waals surface area contributed by atoms with Crippen LogP contribution in [-0.4, -0.2) is 36.2 Å². The van der Waals surface area contributed by atoms with E-state index in [1.165, 1.54) is 16.8 Å². The Morgan fingerprint density at radius 3 is 2.43 bits per heavy atom. The van der Waals surface area contributed by atoms with E-state index in [0.717, 1.165) is 6.42 Å². The molecule has 160 valence electrons. The van der Waals surface area contributed by atoms with Gasteiger partial charge >= 0.3 is 5.97 Å². The SMILES string of the molecule is CC=C1N(C)C(C)CC1(c1ccccc1)c1cccc(OCC(=O)OC(C)(C)C)c1. The second-order valence-electron chi connectivity index (χ2n) is 9.01. The molecule has 4 nitrogen and oxygen atoms in total. The van der Waals surface area contributed by atoms with Crippen molar-refractivity contribution in [2.75, 3.05) is 13.7 Å². The van der Waals surface area contributed by atoms with Gasteiger partial charge in [-0.1, -0.05) is 48.5 Å². The first-order valence-corrected chi connectivity index (χ1v) is 10.6. The van der Waals surface area contributed by atoms with E-state index in [4.69, 9.17) is 9.47 Å². The second-order valence-corrected chi connectivity index (χ2v) is 9.01. The minimum Gasteiger partial charge on any atom is -0.482 e. The third-order valence-electron chi connectivity index (χ3n) is 5.72. The van der Waals surface area contributed by atoms with Crippen LogP contribution in [0.3, 0.4) is 0 Å². The topological polar surface area (TPSA) is 38.8 Å². The predicted molar refractivity (Wildman–Crippen MR) is 121 cm³/mol. The van der Waals surface area contributed by atoms with Crippen molar-refractivity contribution in [3.63, 3.8) is 0 Å². The molecule has 2 aromatic carbocycles. The molecule has 1 aliphatic rings. The minimum atomic E-state index is -0.523. The molecule has 0 aromatic heterocycles. The third kappa shape index (κ3) is 4.38. The molecule has 1 saturated heterocycles. The van der Waals surface area contributed by atoms with Gasteiger partial charge in [-0.3, -0.25) is 0 Å². The summed E-state index contributed by atoms with van der Waals surface area (Å²) in [6.07, 6.45) is 3.19. The Bertz CT molecular complexity index is 913. The minimum absolute atomic E-state index is 0.105. The van der Waals surface area contributed by atoms with Crippen LogP contribution < -0.4 is 4.74 Å². The molecule has 0 amide bonds. The van der Waals surface area contributed by atoms with Crippen LogP contribution in [0.4, 0.5) is 0 Å². The number of hydrogen-bond acceptors (Lipinski definition) is 4. The number of benzene rings is 2. The number of carbonyl (C=O) groups is 1. The Balaban J connectivity index is 1.97. The first-order valence-electron chi connectivity index (χ1n) is 10.6. The molecule has 0 aliphatic carbocycles. The van der Waals surface area contributed by atoms with Gasteiger partial charge in [-0.05, 0) is 64.3 Å². The van der Waals surface area contributed by atoms with Crippen LogP contribution in [0, 0.1) is 0 Å². The summed E-state index contributed by atoms with van der Waals surface area (Å²) >= 11 is 0. The number of rotatable bonds is 5. The van der Waals surface area contributed by atoms with Crippen LogP contribution >= 0.6 is 0 Å². The number of ether oxygens (including phenoxy) is 2. The Morgan fingerprint density at radius 2 is 1.80 bits per heavy atom. The van der Waals surface area contributed by atoms with E-state index in [1.54, 1.807) is 0 Å². The van der Waals surface area contributed by atoms with E-state index in [0.29, 0.717) is 11.8 Å². The van der Waals surface area contributed by atoms with Crippen LogP contribution in [0.1, 0.15) is 52.2 Å². The number of esters is 1. The molecule has 2 aromatic rings. The van der Waals surface area contributed by atoms with E-state index in [2.05, 4.69) is 74.3 Å². The molecule has 0 bridgehead atoms. The highest BCUT2D eigenvalue weighted by atomic mass is 16.6. The first kappa shape index (κ1) is 21.9. The first-order chi connectivity index (χ1) is 14.2. The van der Waals surface area contributed by atoms with Gasteiger partial charge in [0.1, 0.15) is 11.4 Å². The van der Waals surface area contributed by atoms with Crippen molar-refractivity contribution in [2.24, 2.45) is 0 Å². The summed E-state index contributed by atoms with van der Waals surface area (Å²) in [5, 5.41) is 0. The molecular formula is C26H33NO3. The van der Waals surface area contributed by atoms with Crippen molar-refractivity contribution in [1.82, 2.24) is 4.90 Å². The van der Waals surface area contributed by atoms with Crippen molar-refractivity contribution in [3.8, 4) is 5.75 Å². The van der Waals surface area contributed by atoms with Crippen LogP contribution in [0.2, 0.25) is 0 Å². The highest BCUT2D eigenvalue weighted by Crippen LogP contribution is 2.50. The molecular weight excluding hydrogens is 374 g/mol. The van der Waals surface area contributed by atoms with Gasteiger partial charge in [0.25, 0.3) is 0 Å². The fourth-order valence-electron chi connectivity index (χ4n) is 4.46. The molecule has 2 unspecified atom stereocenters. The van der Waals surface area contributed by atoms with E-state index >= 15 is 0 Å². The smallest absolute Gasteiger partial charge is 0.344 e. The maximum atomic E-state index is 12.1. The summed E-state index contributed by atoms with van der Waals surface area (Å²) in [7, 11) is 2.16. The molecule has 3 rings (SSSR count). The number of likely N-dealkylation sites (tertiary alicyclic amines) is 1. The molecule has 0 saturated carbocycles. The molecule has 0 spiro atoms. The number of nitrogens with zero attached hydrogens (tertiary/aromatic N) is 1.